The second kappa shape index (κ2) is 4.82. The summed E-state index contributed by atoms with van der Waals surface area (Å²) in [5.74, 6) is -0.842. The highest BCUT2D eigenvalue weighted by Gasteiger charge is 2.57. The molecule has 0 bridgehead atoms. The lowest BCUT2D eigenvalue weighted by Crippen LogP contribution is -2.72. The van der Waals surface area contributed by atoms with Crippen molar-refractivity contribution >= 4 is 40.1 Å². The molecule has 21 heavy (non-hydrogen) atoms. The molecular formula is C11H15N5O3S2. The van der Waals surface area contributed by atoms with Gasteiger partial charge in [-0.05, 0) is 0 Å². The zero-order valence-corrected chi connectivity index (χ0v) is 13.1. The number of β-lactam (4-membered cyclic amide) rings is 1. The number of carbonyl (C=O) groups is 2. The number of amides is 1. The topological polar surface area (TPSA) is 113 Å². The van der Waals surface area contributed by atoms with Crippen molar-refractivity contribution in [3.63, 3.8) is 0 Å². The number of carbonyl (C=O) groups excluding carboxylic acids is 1. The Bertz CT molecular complexity index is 606. The van der Waals surface area contributed by atoms with Crippen LogP contribution >= 0.6 is 23.1 Å². The first-order valence-corrected chi connectivity index (χ1v) is 8.16. The minimum Gasteiger partial charge on any atom is -0.480 e. The average molecular weight is 329 g/mol. The Morgan fingerprint density at radius 1 is 1.52 bits per heavy atom. The van der Waals surface area contributed by atoms with Crippen LogP contribution in [0.1, 0.15) is 5.01 Å². The molecule has 2 unspecified atom stereocenters. The van der Waals surface area contributed by atoms with Crippen molar-refractivity contribution in [2.45, 2.75) is 16.8 Å². The third-order valence-corrected chi connectivity index (χ3v) is 6.58. The van der Waals surface area contributed by atoms with E-state index in [1.807, 2.05) is 14.1 Å². The monoisotopic (exact) mass is 329 g/mol. The van der Waals surface area contributed by atoms with Gasteiger partial charge < -0.3 is 20.6 Å². The highest BCUT2D eigenvalue weighted by atomic mass is 32.2. The zero-order chi connectivity index (χ0) is 15.4. The van der Waals surface area contributed by atoms with Gasteiger partial charge in [0, 0.05) is 26.4 Å². The Kier molecular flexibility index (Phi) is 3.34. The van der Waals surface area contributed by atoms with Crippen LogP contribution in [0.2, 0.25) is 0 Å². The maximum Gasteiger partial charge on any atom is 0.319 e. The number of nitrogens with zero attached hydrogens (tertiary/aromatic N) is 4. The van der Waals surface area contributed by atoms with Gasteiger partial charge in [0.2, 0.25) is 11.0 Å². The van der Waals surface area contributed by atoms with Gasteiger partial charge in [-0.2, -0.15) is 0 Å². The smallest absolute Gasteiger partial charge is 0.319 e. The van der Waals surface area contributed by atoms with Crippen LogP contribution in [0, 0.1) is 0 Å². The molecule has 3 heterocycles. The van der Waals surface area contributed by atoms with Gasteiger partial charge in [0.05, 0.1) is 0 Å². The molecule has 0 saturated carbocycles. The predicted molar refractivity (Wildman–Crippen MR) is 79.5 cm³/mol. The molecule has 0 radical (unpaired) electrons. The van der Waals surface area contributed by atoms with Crippen LogP contribution < -0.4 is 10.6 Å². The van der Waals surface area contributed by atoms with E-state index in [9.17, 15) is 14.7 Å². The van der Waals surface area contributed by atoms with Crippen LogP contribution in [0.4, 0.5) is 5.13 Å². The molecule has 2 fully saturated rings. The number of aliphatic carboxylic acids is 1. The maximum atomic E-state index is 11.9. The second-order valence-corrected chi connectivity index (χ2v) is 7.43. The van der Waals surface area contributed by atoms with Gasteiger partial charge in [-0.25, -0.2) is 0 Å². The Balaban J connectivity index is 1.94. The molecule has 0 aromatic carbocycles. The Labute approximate surface area is 129 Å². The van der Waals surface area contributed by atoms with E-state index >= 15 is 0 Å². The van der Waals surface area contributed by atoms with E-state index in [4.69, 9.17) is 5.73 Å². The summed E-state index contributed by atoms with van der Waals surface area (Å²) < 4.78 is 0. The summed E-state index contributed by atoms with van der Waals surface area (Å²) in [6.45, 7) is 0.106. The van der Waals surface area contributed by atoms with Gasteiger partial charge in [-0.1, -0.05) is 11.3 Å². The number of anilines is 1. The fourth-order valence-corrected chi connectivity index (χ4v) is 4.93. The van der Waals surface area contributed by atoms with E-state index in [1.165, 1.54) is 28.0 Å². The molecule has 3 rings (SSSR count). The van der Waals surface area contributed by atoms with E-state index in [2.05, 4.69) is 10.2 Å². The standard InChI is InChI=1S/C11H15N5O3S2/c1-15(2)10-14-13-8(21-10)11(9(18)19)3-16-6(17)5(12)7(16)20-4-11/h5,7H,3-4,12H2,1-2H3,(H,18,19)/t5?,7-,11?/m1/s1. The number of hydrogen-bond acceptors (Lipinski definition) is 8. The van der Waals surface area contributed by atoms with Crippen LogP contribution in [0.3, 0.4) is 0 Å². The quantitative estimate of drug-likeness (QED) is 0.691. The molecule has 10 heteroatoms. The summed E-state index contributed by atoms with van der Waals surface area (Å²) in [6.07, 6.45) is 0. The van der Waals surface area contributed by atoms with Gasteiger partial charge in [0.1, 0.15) is 21.8 Å². The Morgan fingerprint density at radius 2 is 2.24 bits per heavy atom. The molecule has 1 amide bonds. The number of fused-ring (bicyclic) bond motifs is 1. The van der Waals surface area contributed by atoms with Crippen molar-refractivity contribution in [1.82, 2.24) is 15.1 Å². The number of hydrogen-bond donors (Lipinski definition) is 2. The van der Waals surface area contributed by atoms with Crippen LogP contribution in [-0.2, 0) is 15.0 Å². The summed E-state index contributed by atoms with van der Waals surface area (Å²) >= 11 is 2.64. The fourth-order valence-electron chi connectivity index (χ4n) is 2.42. The molecular weight excluding hydrogens is 314 g/mol. The minimum absolute atomic E-state index is 0.106. The molecule has 3 atom stereocenters. The van der Waals surface area contributed by atoms with E-state index in [0.717, 1.165) is 0 Å². The van der Waals surface area contributed by atoms with Crippen LogP contribution in [0.15, 0.2) is 0 Å². The van der Waals surface area contributed by atoms with E-state index < -0.39 is 17.4 Å². The van der Waals surface area contributed by atoms with Gasteiger partial charge in [-0.15, -0.1) is 22.0 Å². The van der Waals surface area contributed by atoms with Crippen molar-refractivity contribution in [2.75, 3.05) is 31.3 Å². The van der Waals surface area contributed by atoms with Crippen molar-refractivity contribution < 1.29 is 14.7 Å². The summed E-state index contributed by atoms with van der Waals surface area (Å²) in [5, 5.41) is 18.7. The van der Waals surface area contributed by atoms with Gasteiger partial charge in [0.15, 0.2) is 0 Å². The van der Waals surface area contributed by atoms with Gasteiger partial charge in [-0.3, -0.25) is 9.59 Å². The van der Waals surface area contributed by atoms with Gasteiger partial charge in [0.25, 0.3) is 0 Å². The average Bonchev–Trinajstić information content (AvgIpc) is 2.95. The molecule has 0 spiro atoms. The molecule has 0 aliphatic carbocycles. The number of nitrogens with two attached hydrogens (primary N) is 1. The molecule has 3 N–H and O–H groups in total. The lowest BCUT2D eigenvalue weighted by molar-refractivity contribution is -0.152. The predicted octanol–water partition coefficient (Wildman–Crippen LogP) is -0.831. The van der Waals surface area contributed by atoms with Gasteiger partial charge >= 0.3 is 5.97 Å². The minimum atomic E-state index is -1.21. The number of rotatable bonds is 3. The van der Waals surface area contributed by atoms with Crippen LogP contribution in [0.25, 0.3) is 0 Å². The van der Waals surface area contributed by atoms with Crippen molar-refractivity contribution in [2.24, 2.45) is 5.73 Å². The SMILES string of the molecule is CN(C)c1nnc(C2(C(=O)O)CS[C@@H]3C(N)C(=O)N3C2)s1. The summed E-state index contributed by atoms with van der Waals surface area (Å²) in [5.41, 5.74) is 4.53. The van der Waals surface area contributed by atoms with Crippen LogP contribution in [0.5, 0.6) is 0 Å². The largest absolute Gasteiger partial charge is 0.480 e. The molecule has 2 saturated heterocycles. The fraction of sp³-hybridized carbons (Fsp3) is 0.636. The lowest BCUT2D eigenvalue weighted by Gasteiger charge is -2.52. The molecule has 1 aromatic heterocycles. The molecule has 114 valence electrons. The zero-order valence-electron chi connectivity index (χ0n) is 11.5. The van der Waals surface area contributed by atoms with E-state index in [1.54, 1.807) is 4.90 Å². The highest BCUT2D eigenvalue weighted by molar-refractivity contribution is 8.00. The number of aromatic nitrogens is 2. The lowest BCUT2D eigenvalue weighted by atomic mass is 9.88. The van der Waals surface area contributed by atoms with Crippen molar-refractivity contribution in [1.29, 1.82) is 0 Å². The van der Waals surface area contributed by atoms with Crippen molar-refractivity contribution in [3.8, 4) is 0 Å². The first-order chi connectivity index (χ1) is 9.86. The molecule has 8 nitrogen and oxygen atoms in total. The highest BCUT2D eigenvalue weighted by Crippen LogP contribution is 2.44. The number of thioether (sulfide) groups is 1. The number of carboxylic acid groups (broad SMARTS) is 1. The van der Waals surface area contributed by atoms with Crippen molar-refractivity contribution in [3.05, 3.63) is 5.01 Å². The molecule has 2 aliphatic heterocycles. The van der Waals surface area contributed by atoms with E-state index in [0.29, 0.717) is 15.9 Å². The maximum absolute atomic E-state index is 11.9. The summed E-state index contributed by atoms with van der Waals surface area (Å²) in [6, 6.07) is -0.520. The normalized spacial score (nSPS) is 31.6. The number of carboxylic acids is 1. The summed E-state index contributed by atoms with van der Waals surface area (Å²) in [4.78, 5) is 27.0. The first kappa shape index (κ1) is 14.5. The molecule has 1 aromatic rings. The third kappa shape index (κ3) is 2.00. The Hall–Kier alpha value is -1.39. The Morgan fingerprint density at radius 3 is 2.81 bits per heavy atom. The van der Waals surface area contributed by atoms with Crippen LogP contribution in [-0.4, -0.2) is 69.9 Å². The third-order valence-electron chi connectivity index (χ3n) is 3.74. The second-order valence-electron chi connectivity index (χ2n) is 5.36. The van der Waals surface area contributed by atoms with E-state index in [-0.39, 0.29) is 17.8 Å². The molecule has 2 aliphatic rings. The summed E-state index contributed by atoms with van der Waals surface area (Å²) in [7, 11) is 3.64. The first-order valence-electron chi connectivity index (χ1n) is 6.29.